The Balaban J connectivity index is 1.88. The molecule has 2 aliphatic rings. The highest BCUT2D eigenvalue weighted by Gasteiger charge is 2.47. The van der Waals surface area contributed by atoms with Gasteiger partial charge < -0.3 is 19.9 Å². The number of piperidine rings is 1. The van der Waals surface area contributed by atoms with Crippen LogP contribution >= 0.6 is 0 Å². The average molecular weight is 363 g/mol. The zero-order chi connectivity index (χ0) is 18.2. The molecule has 7 heteroatoms. The van der Waals surface area contributed by atoms with Crippen molar-refractivity contribution in [1.82, 2.24) is 4.90 Å². The van der Waals surface area contributed by atoms with Gasteiger partial charge in [-0.15, -0.1) is 0 Å². The van der Waals surface area contributed by atoms with Gasteiger partial charge in [0.1, 0.15) is 16.1 Å². The number of benzene rings is 1. The van der Waals surface area contributed by atoms with Crippen LogP contribution in [0.5, 0.6) is 0 Å². The van der Waals surface area contributed by atoms with Crippen LogP contribution in [0.25, 0.3) is 0 Å². The minimum Gasteiger partial charge on any atom is -0.591 e. The molecule has 0 bridgehead atoms. The second-order valence-electron chi connectivity index (χ2n) is 7.73. The number of para-hydroxylation sites is 1. The number of nitrogens with one attached hydrogen (secondary N) is 1. The van der Waals surface area contributed by atoms with Gasteiger partial charge in [0.05, 0.1) is 11.8 Å². The number of amides is 1. The number of carboxylic acid groups (broad SMARTS) is 1. The molecule has 0 aliphatic carbocycles. The topological polar surface area (TPSA) is 88.0 Å². The smallest absolute Gasteiger partial charge is 0.407 e. The number of hydrogen-bond donors (Lipinski definition) is 2. The number of nitrogens with zero attached hydrogens (tertiary/aromatic N) is 2. The summed E-state index contributed by atoms with van der Waals surface area (Å²) in [4.78, 5) is 12.7. The van der Waals surface area contributed by atoms with Crippen molar-refractivity contribution in [3.63, 3.8) is 0 Å². The maximum absolute atomic E-state index is 12.4. The van der Waals surface area contributed by atoms with Gasteiger partial charge in [0.25, 0.3) is 0 Å². The average Bonchev–Trinajstić information content (AvgIpc) is 2.85. The molecule has 2 aliphatic heterocycles. The van der Waals surface area contributed by atoms with Crippen molar-refractivity contribution < 1.29 is 14.5 Å². The number of carbonyl (C=O) groups is 1. The second kappa shape index (κ2) is 6.53. The Labute approximate surface area is 151 Å². The maximum Gasteiger partial charge on any atom is 0.407 e. The largest absolute Gasteiger partial charge is 0.591 e. The maximum atomic E-state index is 12.4. The van der Waals surface area contributed by atoms with Crippen molar-refractivity contribution in [1.29, 1.82) is 0 Å². The third-order valence-electron chi connectivity index (χ3n) is 5.03. The monoisotopic (exact) mass is 363 g/mol. The summed E-state index contributed by atoms with van der Waals surface area (Å²) < 4.78 is 16.3. The number of hydrogen-bond acceptors (Lipinski definition) is 4. The molecule has 0 radical (unpaired) electrons. The molecule has 1 amide bonds. The van der Waals surface area contributed by atoms with E-state index in [-0.39, 0.29) is 11.5 Å². The first-order chi connectivity index (χ1) is 11.7. The van der Waals surface area contributed by atoms with Gasteiger partial charge in [0.2, 0.25) is 0 Å². The third-order valence-corrected chi connectivity index (χ3v) is 6.39. The normalized spacial score (nSPS) is 23.5. The Morgan fingerprint density at radius 1 is 1.40 bits per heavy atom. The molecule has 3 rings (SSSR count). The summed E-state index contributed by atoms with van der Waals surface area (Å²) in [6, 6.07) is 8.08. The molecule has 1 spiro atoms. The summed E-state index contributed by atoms with van der Waals surface area (Å²) in [5, 5.41) is 12.8. The van der Waals surface area contributed by atoms with Gasteiger partial charge >= 0.3 is 6.09 Å². The minimum absolute atomic E-state index is 0.00838. The molecular weight excluding hydrogens is 338 g/mol. The quantitative estimate of drug-likeness (QED) is 0.624. The Kier molecular flexibility index (Phi) is 4.72. The zero-order valence-corrected chi connectivity index (χ0v) is 15.7. The zero-order valence-electron chi connectivity index (χ0n) is 14.9. The van der Waals surface area contributed by atoms with Gasteiger partial charge in [-0.05, 0) is 45.2 Å². The van der Waals surface area contributed by atoms with Gasteiger partial charge in [-0.25, -0.2) is 4.79 Å². The van der Waals surface area contributed by atoms with E-state index in [0.29, 0.717) is 25.9 Å². The van der Waals surface area contributed by atoms with E-state index >= 15 is 0 Å². The van der Waals surface area contributed by atoms with Crippen molar-refractivity contribution in [2.75, 3.05) is 18.4 Å². The van der Waals surface area contributed by atoms with Crippen LogP contribution in [0, 0.1) is 0 Å². The van der Waals surface area contributed by atoms with E-state index in [1.807, 2.05) is 45.2 Å². The van der Waals surface area contributed by atoms with Crippen LogP contribution in [0.4, 0.5) is 10.5 Å². The second-order valence-corrected chi connectivity index (χ2v) is 9.67. The van der Waals surface area contributed by atoms with E-state index < -0.39 is 22.2 Å². The predicted octanol–water partition coefficient (Wildman–Crippen LogP) is 3.24. The lowest BCUT2D eigenvalue weighted by molar-refractivity contribution is 0.121. The molecular formula is C18H25N3O3S. The van der Waals surface area contributed by atoms with Gasteiger partial charge in [-0.1, -0.05) is 22.6 Å². The lowest BCUT2D eigenvalue weighted by atomic mass is 9.76. The molecule has 2 atom stereocenters. The fourth-order valence-corrected chi connectivity index (χ4v) is 4.10. The highest BCUT2D eigenvalue weighted by atomic mass is 32.2. The van der Waals surface area contributed by atoms with E-state index in [4.69, 9.17) is 0 Å². The molecule has 25 heavy (non-hydrogen) atoms. The molecule has 0 saturated carbocycles. The summed E-state index contributed by atoms with van der Waals surface area (Å²) in [7, 11) is 0. The van der Waals surface area contributed by atoms with Crippen molar-refractivity contribution >= 4 is 29.4 Å². The first-order valence-electron chi connectivity index (χ1n) is 8.54. The van der Waals surface area contributed by atoms with Crippen LogP contribution in [-0.2, 0) is 11.4 Å². The van der Waals surface area contributed by atoms with Crippen molar-refractivity contribution in [2.24, 2.45) is 4.40 Å². The van der Waals surface area contributed by atoms with Crippen LogP contribution in [-0.4, -0.2) is 50.2 Å². The Bertz CT molecular complexity index is 678. The Morgan fingerprint density at radius 2 is 2.04 bits per heavy atom. The van der Waals surface area contributed by atoms with E-state index in [2.05, 4.69) is 15.8 Å². The van der Waals surface area contributed by atoms with Gasteiger partial charge in [0, 0.05) is 24.7 Å². The fraction of sp³-hybridized carbons (Fsp3) is 0.556. The summed E-state index contributed by atoms with van der Waals surface area (Å²) in [5.74, 6) is -0.00838. The van der Waals surface area contributed by atoms with Crippen LogP contribution in [0.15, 0.2) is 28.7 Å². The number of likely N-dealkylation sites (tertiary alicyclic amines) is 1. The molecule has 1 saturated heterocycles. The lowest BCUT2D eigenvalue weighted by Gasteiger charge is -2.41. The molecule has 0 unspecified atom stereocenters. The SMILES string of the molecule is CC(C)(C)[S@+]([O-])N=C[C@@H]1c2ccccc2NC12CCN(C(=O)O)CC2. The van der Waals surface area contributed by atoms with Crippen molar-refractivity contribution in [3.05, 3.63) is 29.8 Å². The van der Waals surface area contributed by atoms with Crippen LogP contribution in [0.2, 0.25) is 0 Å². The van der Waals surface area contributed by atoms with E-state index in [1.54, 1.807) is 0 Å². The van der Waals surface area contributed by atoms with E-state index in [1.165, 1.54) is 4.90 Å². The van der Waals surface area contributed by atoms with Crippen LogP contribution in [0.1, 0.15) is 45.1 Å². The molecule has 1 fully saturated rings. The summed E-state index contributed by atoms with van der Waals surface area (Å²) >= 11 is -1.31. The standard InChI is InChI=1S/C18H25N3O3S/c1-17(2,3)25(24)19-12-14-13-6-4-5-7-15(13)20-18(14)8-10-21(11-9-18)16(22)23/h4-7,12,14,20H,8-11H2,1-3H3,(H,22,23)/t14-,25+/m1/s1. The first kappa shape index (κ1) is 18.1. The molecule has 1 aromatic rings. The third kappa shape index (κ3) is 3.48. The van der Waals surface area contributed by atoms with Gasteiger partial charge in [-0.3, -0.25) is 0 Å². The molecule has 0 aromatic heterocycles. The molecule has 1 aromatic carbocycles. The Hall–Kier alpha value is -1.73. The lowest BCUT2D eigenvalue weighted by Crippen LogP contribution is -2.51. The highest BCUT2D eigenvalue weighted by molar-refractivity contribution is 7.91. The molecule has 2 heterocycles. The van der Waals surface area contributed by atoms with E-state index in [0.717, 1.165) is 11.3 Å². The predicted molar refractivity (Wildman–Crippen MR) is 101 cm³/mol. The van der Waals surface area contributed by atoms with E-state index in [9.17, 15) is 14.5 Å². The van der Waals surface area contributed by atoms with Gasteiger partial charge in [-0.2, -0.15) is 0 Å². The van der Waals surface area contributed by atoms with Crippen molar-refractivity contribution in [2.45, 2.75) is 49.8 Å². The fourth-order valence-electron chi connectivity index (χ4n) is 3.56. The minimum atomic E-state index is -1.31. The number of fused-ring (bicyclic) bond motifs is 1. The molecule has 136 valence electrons. The molecule has 6 nitrogen and oxygen atoms in total. The summed E-state index contributed by atoms with van der Waals surface area (Å²) in [5.41, 5.74) is 1.94. The van der Waals surface area contributed by atoms with Crippen LogP contribution < -0.4 is 5.32 Å². The Morgan fingerprint density at radius 3 is 2.64 bits per heavy atom. The first-order valence-corrected chi connectivity index (χ1v) is 9.65. The summed E-state index contributed by atoms with van der Waals surface area (Å²) in [6.07, 6.45) is 2.35. The molecule has 2 N–H and O–H groups in total. The van der Waals surface area contributed by atoms with Crippen LogP contribution in [0.3, 0.4) is 0 Å². The van der Waals surface area contributed by atoms with Crippen molar-refractivity contribution in [3.8, 4) is 0 Å². The van der Waals surface area contributed by atoms with Gasteiger partial charge in [0.15, 0.2) is 0 Å². The number of rotatable bonds is 2. The number of anilines is 1. The summed E-state index contributed by atoms with van der Waals surface area (Å²) in [6.45, 7) is 6.69. The highest BCUT2D eigenvalue weighted by Crippen LogP contribution is 2.47.